The van der Waals surface area contributed by atoms with Crippen LogP contribution >= 0.6 is 0 Å². The maximum atomic E-state index is 9.96. The van der Waals surface area contributed by atoms with Crippen molar-refractivity contribution in [1.29, 1.82) is 0 Å². The lowest BCUT2D eigenvalue weighted by Crippen LogP contribution is -2.90. The van der Waals surface area contributed by atoms with Crippen LogP contribution in [0.2, 0.25) is 0 Å². The Morgan fingerprint density at radius 2 is 1.89 bits per heavy atom. The maximum Gasteiger partial charge on any atom is 0.126 e. The minimum absolute atomic E-state index is 0.340. The highest BCUT2D eigenvalue weighted by atomic mass is 16.5. The van der Waals surface area contributed by atoms with Crippen LogP contribution in [0.1, 0.15) is 53.9 Å². The Balaban J connectivity index is 2.35. The number of aliphatic hydroxyl groups excluding tert-OH is 1. The summed E-state index contributed by atoms with van der Waals surface area (Å²) in [5.41, 5.74) is 0. The Kier molecular flexibility index (Phi) is 7.33. The second-order valence-corrected chi connectivity index (χ2v) is 7.07. The lowest BCUT2D eigenvalue weighted by atomic mass is 9.75. The Bertz CT molecular complexity index is 243. The lowest BCUT2D eigenvalue weighted by Gasteiger charge is -2.37. The predicted octanol–water partition coefficient (Wildman–Crippen LogP) is 1.80. The molecule has 0 amide bonds. The zero-order valence-electron chi connectivity index (χ0n) is 13.4. The van der Waals surface area contributed by atoms with E-state index in [9.17, 15) is 5.11 Å². The number of nitrogens with two attached hydrogens (primary N) is 1. The van der Waals surface area contributed by atoms with Gasteiger partial charge in [-0.15, -0.1) is 0 Å². The standard InChI is InChI=1S/C16H33NO2/c1-11(2)15-7-6-13(5)8-16(15)19-10-14(18)9-17-12(3)4/h11-18H,6-10H2,1-5H3/p+1/t13-,14-,15+,16-/m1/s1. The highest BCUT2D eigenvalue weighted by Gasteiger charge is 2.31. The summed E-state index contributed by atoms with van der Waals surface area (Å²) in [5, 5.41) is 12.1. The number of ether oxygens (including phenoxy) is 1. The molecule has 1 fully saturated rings. The molecule has 114 valence electrons. The van der Waals surface area contributed by atoms with E-state index in [1.807, 2.05) is 0 Å². The van der Waals surface area contributed by atoms with Crippen LogP contribution < -0.4 is 5.32 Å². The zero-order valence-corrected chi connectivity index (χ0v) is 13.4. The van der Waals surface area contributed by atoms with Crippen LogP contribution in [-0.2, 0) is 4.74 Å². The Labute approximate surface area is 119 Å². The van der Waals surface area contributed by atoms with Crippen molar-refractivity contribution in [3.8, 4) is 0 Å². The monoisotopic (exact) mass is 272 g/mol. The van der Waals surface area contributed by atoms with Crippen LogP contribution in [0.3, 0.4) is 0 Å². The van der Waals surface area contributed by atoms with Gasteiger partial charge in [-0.2, -0.15) is 0 Å². The average molecular weight is 272 g/mol. The van der Waals surface area contributed by atoms with E-state index in [2.05, 4.69) is 39.9 Å². The zero-order chi connectivity index (χ0) is 14.4. The molecule has 3 N–H and O–H groups in total. The third kappa shape index (κ3) is 6.24. The molecule has 0 heterocycles. The molecule has 0 aromatic rings. The van der Waals surface area contributed by atoms with Crippen molar-refractivity contribution < 1.29 is 15.2 Å². The molecule has 1 rings (SSSR count). The molecule has 1 aliphatic carbocycles. The Hall–Kier alpha value is -0.120. The van der Waals surface area contributed by atoms with Gasteiger partial charge in [0.1, 0.15) is 12.6 Å². The highest BCUT2D eigenvalue weighted by Crippen LogP contribution is 2.35. The second-order valence-electron chi connectivity index (χ2n) is 7.07. The molecule has 3 heteroatoms. The van der Waals surface area contributed by atoms with Crippen LogP contribution in [0.5, 0.6) is 0 Å². The molecule has 4 atom stereocenters. The van der Waals surface area contributed by atoms with Crippen molar-refractivity contribution >= 4 is 0 Å². The summed E-state index contributed by atoms with van der Waals surface area (Å²) < 4.78 is 6.05. The third-order valence-electron chi connectivity index (χ3n) is 4.34. The van der Waals surface area contributed by atoms with Crippen LogP contribution in [0.25, 0.3) is 0 Å². The molecule has 0 spiro atoms. The molecule has 0 saturated heterocycles. The van der Waals surface area contributed by atoms with Crippen molar-refractivity contribution in [2.24, 2.45) is 17.8 Å². The maximum absolute atomic E-state index is 9.96. The van der Waals surface area contributed by atoms with Gasteiger partial charge < -0.3 is 15.2 Å². The quantitative estimate of drug-likeness (QED) is 0.742. The van der Waals surface area contributed by atoms with Crippen LogP contribution in [0.4, 0.5) is 0 Å². The first-order valence-corrected chi connectivity index (χ1v) is 8.03. The summed E-state index contributed by atoms with van der Waals surface area (Å²) in [7, 11) is 0. The van der Waals surface area contributed by atoms with Crippen LogP contribution in [0.15, 0.2) is 0 Å². The summed E-state index contributed by atoms with van der Waals surface area (Å²) in [6.07, 6.45) is 3.76. The van der Waals surface area contributed by atoms with Crippen LogP contribution in [0, 0.1) is 17.8 Å². The van der Waals surface area contributed by atoms with Gasteiger partial charge >= 0.3 is 0 Å². The smallest absolute Gasteiger partial charge is 0.126 e. The molecule has 19 heavy (non-hydrogen) atoms. The number of hydrogen-bond acceptors (Lipinski definition) is 2. The molecule has 0 aromatic heterocycles. The topological polar surface area (TPSA) is 46.1 Å². The van der Waals surface area contributed by atoms with Gasteiger partial charge in [-0.05, 0) is 44.4 Å². The van der Waals surface area contributed by atoms with Gasteiger partial charge in [-0.1, -0.05) is 27.2 Å². The number of aliphatic hydroxyl groups is 1. The minimum atomic E-state index is -0.340. The van der Waals surface area contributed by atoms with Gasteiger partial charge in [0.25, 0.3) is 0 Å². The van der Waals surface area contributed by atoms with Gasteiger partial charge in [-0.25, -0.2) is 0 Å². The normalized spacial score (nSPS) is 30.0. The molecule has 0 bridgehead atoms. The van der Waals surface area contributed by atoms with Crippen molar-refractivity contribution in [1.82, 2.24) is 0 Å². The first-order valence-electron chi connectivity index (χ1n) is 8.03. The first kappa shape index (κ1) is 16.9. The number of quaternary nitrogens is 1. The van der Waals surface area contributed by atoms with Gasteiger partial charge in [-0.3, -0.25) is 0 Å². The van der Waals surface area contributed by atoms with Gasteiger partial charge in [0, 0.05) is 0 Å². The molecule has 3 nitrogen and oxygen atoms in total. The second kappa shape index (κ2) is 8.23. The van der Waals surface area contributed by atoms with Gasteiger partial charge in [0.05, 0.1) is 18.8 Å². The Morgan fingerprint density at radius 3 is 2.47 bits per heavy atom. The highest BCUT2D eigenvalue weighted by molar-refractivity contribution is 4.81. The fourth-order valence-corrected chi connectivity index (χ4v) is 3.04. The fraction of sp³-hybridized carbons (Fsp3) is 1.00. The molecule has 1 aliphatic rings. The van der Waals surface area contributed by atoms with Crippen molar-refractivity contribution in [2.45, 2.75) is 72.1 Å². The van der Waals surface area contributed by atoms with E-state index in [-0.39, 0.29) is 6.10 Å². The Morgan fingerprint density at radius 1 is 1.21 bits per heavy atom. The van der Waals surface area contributed by atoms with E-state index >= 15 is 0 Å². The van der Waals surface area contributed by atoms with Crippen molar-refractivity contribution in [3.63, 3.8) is 0 Å². The van der Waals surface area contributed by atoms with E-state index in [1.165, 1.54) is 12.8 Å². The van der Waals surface area contributed by atoms with E-state index in [0.717, 1.165) is 18.9 Å². The number of hydrogen-bond donors (Lipinski definition) is 2. The van der Waals surface area contributed by atoms with Gasteiger partial charge in [0.15, 0.2) is 0 Å². The third-order valence-corrected chi connectivity index (χ3v) is 4.34. The van der Waals surface area contributed by atoms with E-state index in [1.54, 1.807) is 0 Å². The summed E-state index contributed by atoms with van der Waals surface area (Å²) >= 11 is 0. The molecule has 0 aromatic carbocycles. The average Bonchev–Trinajstić information content (AvgIpc) is 2.33. The number of rotatable bonds is 7. The molecule has 0 radical (unpaired) electrons. The van der Waals surface area contributed by atoms with Crippen molar-refractivity contribution in [3.05, 3.63) is 0 Å². The molecular formula is C16H34NO2+. The van der Waals surface area contributed by atoms with E-state index in [0.29, 0.717) is 30.6 Å². The SMILES string of the molecule is CC(C)[NH2+]C[C@@H](O)CO[C@@H]1C[C@H](C)CC[C@H]1C(C)C. The molecular weight excluding hydrogens is 238 g/mol. The van der Waals surface area contributed by atoms with Crippen LogP contribution in [-0.4, -0.2) is 36.5 Å². The molecule has 0 aliphatic heterocycles. The summed E-state index contributed by atoms with van der Waals surface area (Å²) in [5.74, 6) is 2.11. The summed E-state index contributed by atoms with van der Waals surface area (Å²) in [6.45, 7) is 12.4. The summed E-state index contributed by atoms with van der Waals surface area (Å²) in [4.78, 5) is 0. The first-order chi connectivity index (χ1) is 8.90. The van der Waals surface area contributed by atoms with Crippen molar-refractivity contribution in [2.75, 3.05) is 13.2 Å². The van der Waals surface area contributed by atoms with Gasteiger partial charge in [0.2, 0.25) is 0 Å². The molecule has 1 saturated carbocycles. The largest absolute Gasteiger partial charge is 0.385 e. The minimum Gasteiger partial charge on any atom is -0.385 e. The van der Waals surface area contributed by atoms with E-state index < -0.39 is 0 Å². The molecule has 0 unspecified atom stereocenters. The summed E-state index contributed by atoms with van der Waals surface area (Å²) in [6, 6.07) is 0.535. The van der Waals surface area contributed by atoms with E-state index in [4.69, 9.17) is 4.74 Å². The lowest BCUT2D eigenvalue weighted by molar-refractivity contribution is -0.688. The predicted molar refractivity (Wildman–Crippen MR) is 79.0 cm³/mol. The fourth-order valence-electron chi connectivity index (χ4n) is 3.04.